The molecule has 1 aromatic carbocycles. The Bertz CT molecular complexity index is 733. The van der Waals surface area contributed by atoms with Crippen molar-refractivity contribution in [2.45, 2.75) is 26.2 Å². The van der Waals surface area contributed by atoms with Crippen molar-refractivity contribution in [3.8, 4) is 6.07 Å². The van der Waals surface area contributed by atoms with Crippen LogP contribution < -0.4 is 4.90 Å². The zero-order valence-electron chi connectivity index (χ0n) is 13.4. The zero-order chi connectivity index (χ0) is 16.2. The van der Waals surface area contributed by atoms with E-state index in [-0.39, 0.29) is 5.78 Å². The van der Waals surface area contributed by atoms with Crippen LogP contribution in [0.1, 0.15) is 41.4 Å². The predicted octanol–water partition coefficient (Wildman–Crippen LogP) is 3.55. The van der Waals surface area contributed by atoms with E-state index in [0.717, 1.165) is 24.6 Å². The van der Waals surface area contributed by atoms with E-state index in [1.165, 1.54) is 18.5 Å². The number of hydrogen-bond acceptors (Lipinski definition) is 3. The number of ketones is 1. The standard InChI is InChI=1S/C19H21N3O/c1-14-6-8-22(9-7-14)18-5-3-2-4-16(18)11-19(23)17-10-15(12-20)13-21-17/h2-5,10,13-14,21H,6-9,11H2,1H3. The smallest absolute Gasteiger partial charge is 0.183 e. The fraction of sp³-hybridized carbons (Fsp3) is 0.368. The average Bonchev–Trinajstić information content (AvgIpc) is 3.05. The molecule has 0 saturated carbocycles. The highest BCUT2D eigenvalue weighted by Gasteiger charge is 2.19. The van der Waals surface area contributed by atoms with Gasteiger partial charge in [-0.25, -0.2) is 0 Å². The number of para-hydroxylation sites is 1. The molecule has 23 heavy (non-hydrogen) atoms. The number of nitrogens with zero attached hydrogens (tertiary/aromatic N) is 2. The minimum absolute atomic E-state index is 0.0179. The third kappa shape index (κ3) is 3.45. The van der Waals surface area contributed by atoms with Crippen LogP contribution in [0.5, 0.6) is 0 Å². The highest BCUT2D eigenvalue weighted by atomic mass is 16.1. The minimum atomic E-state index is 0.0179. The second-order valence-electron chi connectivity index (χ2n) is 6.31. The van der Waals surface area contributed by atoms with Gasteiger partial charge >= 0.3 is 0 Å². The molecule has 2 aromatic rings. The second-order valence-corrected chi connectivity index (χ2v) is 6.31. The van der Waals surface area contributed by atoms with Crippen molar-refractivity contribution in [2.24, 2.45) is 5.92 Å². The number of carbonyl (C=O) groups excluding carboxylic acids is 1. The molecule has 1 N–H and O–H groups in total. The molecule has 1 fully saturated rings. The summed E-state index contributed by atoms with van der Waals surface area (Å²) in [5.41, 5.74) is 3.22. The summed E-state index contributed by atoms with van der Waals surface area (Å²) >= 11 is 0. The van der Waals surface area contributed by atoms with E-state index in [0.29, 0.717) is 17.7 Å². The molecule has 1 aliphatic rings. The van der Waals surface area contributed by atoms with E-state index >= 15 is 0 Å². The second kappa shape index (κ2) is 6.70. The van der Waals surface area contributed by atoms with Gasteiger partial charge < -0.3 is 9.88 Å². The maximum absolute atomic E-state index is 12.5. The first-order valence-corrected chi connectivity index (χ1v) is 8.12. The Morgan fingerprint density at radius 3 is 2.78 bits per heavy atom. The molecular formula is C19H21N3O. The van der Waals surface area contributed by atoms with E-state index in [1.54, 1.807) is 12.3 Å². The first kappa shape index (κ1) is 15.4. The summed E-state index contributed by atoms with van der Waals surface area (Å²) in [6.07, 6.45) is 4.33. The molecule has 2 heterocycles. The Balaban J connectivity index is 1.78. The van der Waals surface area contributed by atoms with Crippen LogP contribution in [0.3, 0.4) is 0 Å². The van der Waals surface area contributed by atoms with Crippen LogP contribution in [0.2, 0.25) is 0 Å². The largest absolute Gasteiger partial charge is 0.371 e. The van der Waals surface area contributed by atoms with Gasteiger partial charge in [0.05, 0.1) is 11.3 Å². The molecule has 0 amide bonds. The number of hydrogen-bond donors (Lipinski definition) is 1. The lowest BCUT2D eigenvalue weighted by Gasteiger charge is -2.33. The van der Waals surface area contributed by atoms with Gasteiger partial charge in [0.2, 0.25) is 0 Å². The Morgan fingerprint density at radius 2 is 2.09 bits per heavy atom. The van der Waals surface area contributed by atoms with Crippen LogP contribution in [0.15, 0.2) is 36.5 Å². The van der Waals surface area contributed by atoms with Crippen LogP contribution >= 0.6 is 0 Å². The molecule has 4 heteroatoms. The fourth-order valence-corrected chi connectivity index (χ4v) is 3.11. The number of Topliss-reactive ketones (excluding diaryl/α,β-unsaturated/α-hetero) is 1. The highest BCUT2D eigenvalue weighted by Crippen LogP contribution is 2.27. The Labute approximate surface area is 136 Å². The summed E-state index contributed by atoms with van der Waals surface area (Å²) < 4.78 is 0. The molecule has 0 spiro atoms. The van der Waals surface area contributed by atoms with Gasteiger partial charge in [-0.3, -0.25) is 4.79 Å². The van der Waals surface area contributed by atoms with Crippen molar-refractivity contribution in [2.75, 3.05) is 18.0 Å². The van der Waals surface area contributed by atoms with Gasteiger partial charge in [-0.2, -0.15) is 5.26 Å². The van der Waals surface area contributed by atoms with Gasteiger partial charge in [0.1, 0.15) is 6.07 Å². The predicted molar refractivity (Wildman–Crippen MR) is 90.6 cm³/mol. The van der Waals surface area contributed by atoms with E-state index in [2.05, 4.69) is 22.9 Å². The summed E-state index contributed by atoms with van der Waals surface area (Å²) in [6, 6.07) is 11.8. The van der Waals surface area contributed by atoms with E-state index < -0.39 is 0 Å². The molecule has 0 radical (unpaired) electrons. The summed E-state index contributed by atoms with van der Waals surface area (Å²) in [6.45, 7) is 4.39. The van der Waals surface area contributed by atoms with Crippen LogP contribution in [0, 0.1) is 17.2 Å². The maximum atomic E-state index is 12.5. The molecule has 1 saturated heterocycles. The molecule has 4 nitrogen and oxygen atoms in total. The quantitative estimate of drug-likeness (QED) is 0.879. The zero-order valence-corrected chi connectivity index (χ0v) is 13.4. The van der Waals surface area contributed by atoms with Gasteiger partial charge in [-0.15, -0.1) is 0 Å². The third-order valence-corrected chi connectivity index (χ3v) is 4.58. The van der Waals surface area contributed by atoms with Crippen molar-refractivity contribution in [3.05, 3.63) is 53.3 Å². The first-order chi connectivity index (χ1) is 11.2. The molecule has 3 rings (SSSR count). The number of nitrogens with one attached hydrogen (secondary N) is 1. The Kier molecular flexibility index (Phi) is 4.47. The topological polar surface area (TPSA) is 59.9 Å². The maximum Gasteiger partial charge on any atom is 0.183 e. The van der Waals surface area contributed by atoms with Crippen molar-refractivity contribution in [1.29, 1.82) is 5.26 Å². The lowest BCUT2D eigenvalue weighted by atomic mass is 9.97. The summed E-state index contributed by atoms with van der Waals surface area (Å²) in [5.74, 6) is 0.799. The molecule has 0 aliphatic carbocycles. The number of aromatic amines is 1. The summed E-state index contributed by atoms with van der Waals surface area (Å²) in [5, 5.41) is 8.87. The van der Waals surface area contributed by atoms with Crippen molar-refractivity contribution >= 4 is 11.5 Å². The number of piperidine rings is 1. The van der Waals surface area contributed by atoms with Crippen molar-refractivity contribution in [3.63, 3.8) is 0 Å². The molecule has 0 atom stereocenters. The van der Waals surface area contributed by atoms with Gasteiger partial charge in [0.15, 0.2) is 5.78 Å². The number of benzene rings is 1. The van der Waals surface area contributed by atoms with Crippen molar-refractivity contribution in [1.82, 2.24) is 4.98 Å². The van der Waals surface area contributed by atoms with Crippen LogP contribution in [-0.4, -0.2) is 23.9 Å². The number of aromatic nitrogens is 1. The molecule has 0 bridgehead atoms. The average molecular weight is 307 g/mol. The number of carbonyl (C=O) groups is 1. The first-order valence-electron chi connectivity index (χ1n) is 8.12. The molecule has 1 aliphatic heterocycles. The van der Waals surface area contributed by atoms with Gasteiger partial charge in [-0.1, -0.05) is 25.1 Å². The van der Waals surface area contributed by atoms with E-state index in [4.69, 9.17) is 5.26 Å². The molecule has 1 aromatic heterocycles. The Morgan fingerprint density at radius 1 is 1.35 bits per heavy atom. The molecule has 118 valence electrons. The Hall–Kier alpha value is -2.54. The van der Waals surface area contributed by atoms with Crippen molar-refractivity contribution < 1.29 is 4.79 Å². The fourth-order valence-electron chi connectivity index (χ4n) is 3.11. The van der Waals surface area contributed by atoms with Crippen LogP contribution in [0.25, 0.3) is 0 Å². The highest BCUT2D eigenvalue weighted by molar-refractivity contribution is 5.97. The minimum Gasteiger partial charge on any atom is -0.371 e. The lowest BCUT2D eigenvalue weighted by Crippen LogP contribution is -2.33. The molecular weight excluding hydrogens is 286 g/mol. The number of anilines is 1. The number of rotatable bonds is 4. The van der Waals surface area contributed by atoms with E-state index in [1.807, 2.05) is 24.3 Å². The van der Waals surface area contributed by atoms with Gasteiger partial charge in [0, 0.05) is 31.4 Å². The van der Waals surface area contributed by atoms with Crippen LogP contribution in [-0.2, 0) is 6.42 Å². The summed E-state index contributed by atoms with van der Waals surface area (Å²) in [4.78, 5) is 17.8. The monoisotopic (exact) mass is 307 g/mol. The van der Waals surface area contributed by atoms with Gasteiger partial charge in [-0.05, 0) is 36.5 Å². The van der Waals surface area contributed by atoms with E-state index in [9.17, 15) is 4.79 Å². The number of H-pyrrole nitrogens is 1. The number of nitriles is 1. The lowest BCUT2D eigenvalue weighted by molar-refractivity contribution is 0.0989. The summed E-state index contributed by atoms with van der Waals surface area (Å²) in [7, 11) is 0. The van der Waals surface area contributed by atoms with Crippen LogP contribution in [0.4, 0.5) is 5.69 Å². The van der Waals surface area contributed by atoms with Gasteiger partial charge in [0.25, 0.3) is 0 Å². The normalized spacial score (nSPS) is 15.4. The SMILES string of the molecule is CC1CCN(c2ccccc2CC(=O)c2cc(C#N)c[nH]2)CC1. The third-order valence-electron chi connectivity index (χ3n) is 4.58. The molecule has 0 unspecified atom stereocenters.